The van der Waals surface area contributed by atoms with Gasteiger partial charge in [-0.15, -0.1) is 0 Å². The maximum absolute atomic E-state index is 12.0. The Bertz CT molecular complexity index is 810. The van der Waals surface area contributed by atoms with Crippen molar-refractivity contribution in [3.8, 4) is 11.5 Å². The van der Waals surface area contributed by atoms with Crippen molar-refractivity contribution in [2.45, 2.75) is 12.8 Å². The van der Waals surface area contributed by atoms with E-state index in [1.165, 1.54) is 25.3 Å². The van der Waals surface area contributed by atoms with Gasteiger partial charge in [0.25, 0.3) is 0 Å². The van der Waals surface area contributed by atoms with Crippen LogP contribution in [0.1, 0.15) is 23.2 Å². The average Bonchev–Trinajstić information content (AvgIpc) is 2.61. The second-order valence-electron chi connectivity index (χ2n) is 5.27. The Balaban J connectivity index is 1.85. The minimum absolute atomic E-state index is 0.0222. The molecule has 0 aliphatic rings. The number of rotatable bonds is 7. The number of phenols is 1. The van der Waals surface area contributed by atoms with Gasteiger partial charge in [0.1, 0.15) is 11.3 Å². The van der Waals surface area contributed by atoms with Gasteiger partial charge in [-0.2, -0.15) is 0 Å². The number of para-hydroxylation sites is 1. The Hall–Kier alpha value is -2.44. The Morgan fingerprint density at radius 2 is 1.96 bits per heavy atom. The molecule has 0 radical (unpaired) electrons. The number of methoxy groups -OCH3 is 1. The number of halogens is 2. The van der Waals surface area contributed by atoms with Gasteiger partial charge in [-0.3, -0.25) is 4.79 Å². The largest absolute Gasteiger partial charge is 0.505 e. The summed E-state index contributed by atoms with van der Waals surface area (Å²) in [5.74, 6) is -0.864. The minimum Gasteiger partial charge on any atom is -0.505 e. The monoisotopic (exact) mass is 397 g/mol. The van der Waals surface area contributed by atoms with Crippen LogP contribution in [0, 0.1) is 0 Å². The van der Waals surface area contributed by atoms with Gasteiger partial charge in [0.15, 0.2) is 5.75 Å². The Morgan fingerprint density at radius 1 is 1.19 bits per heavy atom. The van der Waals surface area contributed by atoms with E-state index in [4.69, 9.17) is 27.9 Å². The van der Waals surface area contributed by atoms with E-state index < -0.39 is 5.97 Å². The number of phenolic OH excluding ortho intramolecular Hbond substituents is 1. The molecule has 6 nitrogen and oxygen atoms in total. The summed E-state index contributed by atoms with van der Waals surface area (Å²) in [5, 5.41) is 13.5. The molecule has 0 spiro atoms. The third-order valence-corrected chi connectivity index (χ3v) is 3.95. The van der Waals surface area contributed by atoms with Gasteiger partial charge in [-0.05, 0) is 36.8 Å². The summed E-state index contributed by atoms with van der Waals surface area (Å²) in [4.78, 5) is 23.5. The van der Waals surface area contributed by atoms with Gasteiger partial charge >= 0.3 is 5.97 Å². The molecule has 26 heavy (non-hydrogen) atoms. The summed E-state index contributed by atoms with van der Waals surface area (Å²) >= 11 is 11.8. The van der Waals surface area contributed by atoms with Crippen molar-refractivity contribution in [1.29, 1.82) is 0 Å². The molecule has 0 saturated carbocycles. The number of carbonyl (C=O) groups excluding carboxylic acids is 2. The highest BCUT2D eigenvalue weighted by atomic mass is 35.5. The number of carbonyl (C=O) groups is 2. The lowest BCUT2D eigenvalue weighted by Crippen LogP contribution is -2.14. The number of ether oxygens (including phenoxy) is 2. The van der Waals surface area contributed by atoms with Crippen molar-refractivity contribution >= 4 is 40.8 Å². The van der Waals surface area contributed by atoms with Crippen molar-refractivity contribution < 1.29 is 24.2 Å². The van der Waals surface area contributed by atoms with Gasteiger partial charge < -0.3 is 19.9 Å². The highest BCUT2D eigenvalue weighted by Gasteiger charge is 2.15. The number of anilines is 1. The third kappa shape index (κ3) is 5.28. The van der Waals surface area contributed by atoms with Crippen LogP contribution in [0.5, 0.6) is 11.5 Å². The lowest BCUT2D eigenvalue weighted by atomic mass is 10.1. The van der Waals surface area contributed by atoms with E-state index in [2.05, 4.69) is 10.1 Å². The summed E-state index contributed by atoms with van der Waals surface area (Å²) in [7, 11) is 1.21. The normalized spacial score (nSPS) is 10.3. The van der Waals surface area contributed by atoms with E-state index in [9.17, 15) is 14.7 Å². The van der Waals surface area contributed by atoms with Gasteiger partial charge in [0.05, 0.1) is 24.4 Å². The number of benzene rings is 2. The molecule has 2 aromatic rings. The molecule has 0 heterocycles. The Morgan fingerprint density at radius 3 is 2.65 bits per heavy atom. The van der Waals surface area contributed by atoms with Crippen LogP contribution < -0.4 is 10.1 Å². The highest BCUT2D eigenvalue weighted by Crippen LogP contribution is 2.29. The third-order valence-electron chi connectivity index (χ3n) is 3.42. The van der Waals surface area contributed by atoms with E-state index >= 15 is 0 Å². The molecule has 0 unspecified atom stereocenters. The maximum Gasteiger partial charge on any atom is 0.341 e. The van der Waals surface area contributed by atoms with Gasteiger partial charge in [-0.25, -0.2) is 4.79 Å². The lowest BCUT2D eigenvalue weighted by molar-refractivity contribution is -0.116. The quantitative estimate of drug-likeness (QED) is 0.413. The van der Waals surface area contributed by atoms with Crippen LogP contribution >= 0.6 is 23.2 Å². The standard InChI is InChI=1S/C18H17Cl2NO5/c1-25-18(24)12-4-2-5-14(17(12)23)21-16(22)6-3-9-26-15-8-7-11(19)10-13(15)20/h2,4-5,7-8,10,23H,3,6,9H2,1H3,(H,21,22). The highest BCUT2D eigenvalue weighted by molar-refractivity contribution is 6.35. The van der Waals surface area contributed by atoms with E-state index in [1.54, 1.807) is 18.2 Å². The predicted octanol–water partition coefficient (Wildman–Crippen LogP) is 4.28. The van der Waals surface area contributed by atoms with Gasteiger partial charge in [0.2, 0.25) is 5.91 Å². The first-order valence-electron chi connectivity index (χ1n) is 7.70. The molecule has 0 atom stereocenters. The fraction of sp³-hybridized carbons (Fsp3) is 0.222. The van der Waals surface area contributed by atoms with Crippen LogP contribution in [0.2, 0.25) is 10.0 Å². The second-order valence-corrected chi connectivity index (χ2v) is 6.11. The first kappa shape index (κ1) is 19.9. The Labute approximate surface area is 160 Å². The number of esters is 1. The van der Waals surface area contributed by atoms with Crippen molar-refractivity contribution in [1.82, 2.24) is 0 Å². The molecule has 0 aliphatic carbocycles. The van der Waals surface area contributed by atoms with E-state index in [-0.39, 0.29) is 35.9 Å². The molecule has 2 aromatic carbocycles. The number of hydrogen-bond acceptors (Lipinski definition) is 5. The molecule has 8 heteroatoms. The molecule has 1 amide bonds. The SMILES string of the molecule is COC(=O)c1cccc(NC(=O)CCCOc2ccc(Cl)cc2Cl)c1O. The number of amides is 1. The fourth-order valence-electron chi connectivity index (χ4n) is 2.14. The van der Waals surface area contributed by atoms with Crippen LogP contribution in [-0.2, 0) is 9.53 Å². The number of hydrogen-bond donors (Lipinski definition) is 2. The summed E-state index contributed by atoms with van der Waals surface area (Å²) in [5.41, 5.74) is 0.116. The first-order valence-corrected chi connectivity index (χ1v) is 8.46. The van der Waals surface area contributed by atoms with E-state index in [0.717, 1.165) is 0 Å². The molecule has 0 aromatic heterocycles. The fourth-order valence-corrected chi connectivity index (χ4v) is 2.60. The summed E-state index contributed by atoms with van der Waals surface area (Å²) in [6, 6.07) is 9.31. The smallest absolute Gasteiger partial charge is 0.341 e. The Kier molecular flexibility index (Phi) is 7.12. The second kappa shape index (κ2) is 9.31. The first-order chi connectivity index (χ1) is 12.4. The van der Waals surface area contributed by atoms with E-state index in [1.807, 2.05) is 0 Å². The molecule has 138 valence electrons. The van der Waals surface area contributed by atoms with Crippen molar-refractivity contribution in [3.63, 3.8) is 0 Å². The number of aromatic hydroxyl groups is 1. The van der Waals surface area contributed by atoms with E-state index in [0.29, 0.717) is 22.2 Å². The molecule has 0 bridgehead atoms. The summed E-state index contributed by atoms with van der Waals surface area (Å²) in [6.45, 7) is 0.281. The van der Waals surface area contributed by atoms with Gasteiger partial charge in [-0.1, -0.05) is 29.3 Å². The van der Waals surface area contributed by atoms with Crippen LogP contribution in [0.4, 0.5) is 5.69 Å². The molecule has 0 saturated heterocycles. The topological polar surface area (TPSA) is 84.9 Å². The zero-order valence-electron chi connectivity index (χ0n) is 13.9. The van der Waals surface area contributed by atoms with Crippen LogP contribution in [0.3, 0.4) is 0 Å². The zero-order valence-corrected chi connectivity index (χ0v) is 15.4. The number of nitrogens with one attached hydrogen (secondary N) is 1. The predicted molar refractivity (Wildman–Crippen MR) is 99.3 cm³/mol. The van der Waals surface area contributed by atoms with Crippen LogP contribution in [0.25, 0.3) is 0 Å². The minimum atomic E-state index is -0.688. The zero-order chi connectivity index (χ0) is 19.1. The van der Waals surface area contributed by atoms with Crippen molar-refractivity contribution in [2.75, 3.05) is 19.0 Å². The molecule has 2 rings (SSSR count). The van der Waals surface area contributed by atoms with Crippen LogP contribution in [0.15, 0.2) is 36.4 Å². The molecule has 0 fully saturated rings. The average molecular weight is 398 g/mol. The molecular weight excluding hydrogens is 381 g/mol. The molecule has 2 N–H and O–H groups in total. The van der Waals surface area contributed by atoms with Crippen LogP contribution in [-0.4, -0.2) is 30.7 Å². The summed E-state index contributed by atoms with van der Waals surface area (Å²) in [6.07, 6.45) is 0.593. The molecular formula is C18H17Cl2NO5. The van der Waals surface area contributed by atoms with Crippen molar-refractivity contribution in [3.05, 3.63) is 52.0 Å². The summed E-state index contributed by atoms with van der Waals surface area (Å²) < 4.78 is 10.1. The molecule has 0 aliphatic heterocycles. The lowest BCUT2D eigenvalue weighted by Gasteiger charge is -2.11. The van der Waals surface area contributed by atoms with Crippen molar-refractivity contribution in [2.24, 2.45) is 0 Å². The van der Waals surface area contributed by atoms with Gasteiger partial charge in [0, 0.05) is 11.4 Å². The maximum atomic E-state index is 12.0.